The molecule has 1 N–H and O–H groups in total. The Morgan fingerprint density at radius 3 is 1.76 bits per heavy atom. The number of allylic oxidation sites excluding steroid dienone is 4. The van der Waals surface area contributed by atoms with Gasteiger partial charge in [-0.1, -0.05) is 39.8 Å². The minimum Gasteiger partial charge on any atom is -0.497 e. The van der Waals surface area contributed by atoms with Gasteiger partial charge in [-0.05, 0) is 52.8 Å². The lowest BCUT2D eigenvalue weighted by Gasteiger charge is -2.42. The van der Waals surface area contributed by atoms with Crippen LogP contribution in [0.15, 0.2) is 76.1 Å². The Hall–Kier alpha value is -3.39. The van der Waals surface area contributed by atoms with Crippen molar-refractivity contribution in [3.8, 4) is 5.75 Å². The van der Waals surface area contributed by atoms with E-state index >= 15 is 0 Å². The molecule has 38 heavy (non-hydrogen) atoms. The Morgan fingerprint density at radius 1 is 0.789 bits per heavy atom. The summed E-state index contributed by atoms with van der Waals surface area (Å²) in [4.78, 5) is 27.0. The largest absolute Gasteiger partial charge is 0.497 e. The normalized spacial score (nSPS) is 21.0. The maximum Gasteiger partial charge on any atom is 0.261 e. The van der Waals surface area contributed by atoms with Crippen molar-refractivity contribution >= 4 is 27.3 Å². The van der Waals surface area contributed by atoms with Gasteiger partial charge in [-0.2, -0.15) is 0 Å². The highest BCUT2D eigenvalue weighted by atomic mass is 32.2. The summed E-state index contributed by atoms with van der Waals surface area (Å²) in [5, 5.41) is 0. The maximum atomic E-state index is 13.4. The molecule has 0 bridgehead atoms. The molecule has 2 aromatic rings. The van der Waals surface area contributed by atoms with Gasteiger partial charge in [0.2, 0.25) is 0 Å². The van der Waals surface area contributed by atoms with Crippen molar-refractivity contribution in [1.82, 2.24) is 0 Å². The summed E-state index contributed by atoms with van der Waals surface area (Å²) in [7, 11) is -2.29. The minimum absolute atomic E-state index is 0.00489. The van der Waals surface area contributed by atoms with Crippen LogP contribution in [0.25, 0.3) is 0 Å². The highest BCUT2D eigenvalue weighted by molar-refractivity contribution is 7.92. The van der Waals surface area contributed by atoms with Gasteiger partial charge in [-0.25, -0.2) is 8.42 Å². The average Bonchev–Trinajstić information content (AvgIpc) is 2.81. The fourth-order valence-electron chi connectivity index (χ4n) is 5.72. The van der Waals surface area contributed by atoms with Crippen molar-refractivity contribution in [1.29, 1.82) is 0 Å². The molecule has 2 aromatic carbocycles. The zero-order chi connectivity index (χ0) is 27.5. The van der Waals surface area contributed by atoms with Gasteiger partial charge in [-0.3, -0.25) is 14.3 Å². The summed E-state index contributed by atoms with van der Waals surface area (Å²) in [5.41, 5.74) is 1.81. The number of ether oxygens (including phenoxy) is 2. The summed E-state index contributed by atoms with van der Waals surface area (Å²) in [5.74, 6) is 1.35. The zero-order valence-electron chi connectivity index (χ0n) is 22.4. The van der Waals surface area contributed by atoms with E-state index in [0.29, 0.717) is 59.8 Å². The molecule has 1 aliphatic heterocycles. The number of rotatable bonds is 5. The van der Waals surface area contributed by atoms with Gasteiger partial charge in [-0.15, -0.1) is 0 Å². The van der Waals surface area contributed by atoms with Crippen LogP contribution in [0.2, 0.25) is 0 Å². The molecule has 3 aliphatic rings. The van der Waals surface area contributed by atoms with Crippen LogP contribution in [0.5, 0.6) is 5.75 Å². The van der Waals surface area contributed by atoms with E-state index < -0.39 is 15.9 Å². The smallest absolute Gasteiger partial charge is 0.261 e. The number of sulfonamides is 1. The van der Waals surface area contributed by atoms with E-state index in [1.807, 2.05) is 0 Å². The fraction of sp³-hybridized carbons (Fsp3) is 0.400. The first kappa shape index (κ1) is 26.2. The lowest BCUT2D eigenvalue weighted by atomic mass is 9.65. The van der Waals surface area contributed by atoms with Gasteiger partial charge in [0.25, 0.3) is 10.0 Å². The Kier molecular flexibility index (Phi) is 6.29. The van der Waals surface area contributed by atoms with Crippen LogP contribution in [-0.2, 0) is 24.3 Å². The molecule has 0 spiro atoms. The number of carbonyl (C=O) groups is 2. The van der Waals surface area contributed by atoms with Crippen molar-refractivity contribution in [3.63, 3.8) is 0 Å². The second-order valence-corrected chi connectivity index (χ2v) is 13.7. The summed E-state index contributed by atoms with van der Waals surface area (Å²) >= 11 is 0. The summed E-state index contributed by atoms with van der Waals surface area (Å²) in [6.45, 7) is 8.21. The van der Waals surface area contributed by atoms with E-state index in [1.54, 1.807) is 36.4 Å². The standard InChI is InChI=1S/C30H33NO6S/c1-29(2)14-22(32)27-24(16-29)37-25-17-30(3,4)15-23(33)28(25)26(27)18-6-8-19(9-7-18)31-38(34,35)21-12-10-20(36-5)11-13-21/h6-13,26,31H,14-17H2,1-5H3. The Morgan fingerprint density at radius 2 is 1.29 bits per heavy atom. The van der Waals surface area contributed by atoms with Crippen molar-refractivity contribution in [3.05, 3.63) is 76.8 Å². The fourth-order valence-corrected chi connectivity index (χ4v) is 6.78. The lowest BCUT2D eigenvalue weighted by molar-refractivity contribution is -0.120. The average molecular weight is 536 g/mol. The Balaban J connectivity index is 1.51. The highest BCUT2D eigenvalue weighted by Crippen LogP contribution is 2.53. The lowest BCUT2D eigenvalue weighted by Crippen LogP contribution is -2.37. The molecule has 200 valence electrons. The third-order valence-electron chi connectivity index (χ3n) is 7.45. The monoisotopic (exact) mass is 535 g/mol. The van der Waals surface area contributed by atoms with Crippen LogP contribution >= 0.6 is 0 Å². The van der Waals surface area contributed by atoms with E-state index in [0.717, 1.165) is 5.56 Å². The molecule has 5 rings (SSSR count). The number of nitrogens with one attached hydrogen (secondary N) is 1. The van der Waals surface area contributed by atoms with Gasteiger partial charge in [0, 0.05) is 48.4 Å². The molecule has 0 aromatic heterocycles. The predicted molar refractivity (Wildman–Crippen MR) is 144 cm³/mol. The number of hydrogen-bond acceptors (Lipinski definition) is 6. The first-order chi connectivity index (χ1) is 17.8. The van der Waals surface area contributed by atoms with Gasteiger partial charge in [0.1, 0.15) is 17.3 Å². The van der Waals surface area contributed by atoms with Crippen molar-refractivity contribution < 1.29 is 27.5 Å². The van der Waals surface area contributed by atoms with Crippen LogP contribution in [0.3, 0.4) is 0 Å². The number of Topliss-reactive ketones (excluding diaryl/α,β-unsaturated/α-hetero) is 2. The first-order valence-corrected chi connectivity index (χ1v) is 14.2. The maximum absolute atomic E-state index is 13.4. The third-order valence-corrected chi connectivity index (χ3v) is 8.84. The topological polar surface area (TPSA) is 98.8 Å². The predicted octanol–water partition coefficient (Wildman–Crippen LogP) is 5.90. The number of anilines is 1. The Labute approximate surface area is 224 Å². The molecular weight excluding hydrogens is 502 g/mol. The van der Waals surface area contributed by atoms with Crippen LogP contribution in [-0.4, -0.2) is 27.1 Å². The number of carbonyl (C=O) groups excluding carboxylic acids is 2. The van der Waals surface area contributed by atoms with E-state index in [2.05, 4.69) is 32.4 Å². The van der Waals surface area contributed by atoms with Crippen LogP contribution in [0.1, 0.15) is 64.9 Å². The number of methoxy groups -OCH3 is 1. The zero-order valence-corrected chi connectivity index (χ0v) is 23.2. The van der Waals surface area contributed by atoms with E-state index in [-0.39, 0.29) is 27.3 Å². The summed E-state index contributed by atoms with van der Waals surface area (Å²) in [6.07, 6.45) is 2.01. The van der Waals surface area contributed by atoms with Crippen LogP contribution in [0, 0.1) is 10.8 Å². The molecule has 1 heterocycles. The second-order valence-electron chi connectivity index (χ2n) is 12.0. The highest BCUT2D eigenvalue weighted by Gasteiger charge is 2.47. The third kappa shape index (κ3) is 4.89. The van der Waals surface area contributed by atoms with E-state index in [1.165, 1.54) is 19.2 Å². The molecule has 0 amide bonds. The van der Waals surface area contributed by atoms with Crippen molar-refractivity contribution in [2.24, 2.45) is 10.8 Å². The van der Waals surface area contributed by atoms with Gasteiger partial charge in [0.15, 0.2) is 11.6 Å². The van der Waals surface area contributed by atoms with Crippen molar-refractivity contribution in [2.45, 2.75) is 64.2 Å². The SMILES string of the molecule is COc1ccc(S(=O)(=O)Nc2ccc(C3C4=C(CC(C)(C)CC4=O)OC4=C3C(=O)CC(C)(C)C4)cc2)cc1. The van der Waals surface area contributed by atoms with Gasteiger partial charge < -0.3 is 9.47 Å². The molecule has 2 aliphatic carbocycles. The Bertz CT molecular complexity index is 1430. The number of hydrogen-bond donors (Lipinski definition) is 1. The molecule has 0 saturated carbocycles. The molecule has 7 nitrogen and oxygen atoms in total. The van der Waals surface area contributed by atoms with Crippen LogP contribution < -0.4 is 9.46 Å². The molecule has 0 atom stereocenters. The van der Waals surface area contributed by atoms with E-state index in [9.17, 15) is 18.0 Å². The van der Waals surface area contributed by atoms with Crippen molar-refractivity contribution in [2.75, 3.05) is 11.8 Å². The quantitative estimate of drug-likeness (QED) is 0.512. The molecule has 0 radical (unpaired) electrons. The van der Waals surface area contributed by atoms with Gasteiger partial charge in [0.05, 0.1) is 12.0 Å². The van der Waals surface area contributed by atoms with Gasteiger partial charge >= 0.3 is 0 Å². The van der Waals surface area contributed by atoms with Crippen LogP contribution in [0.4, 0.5) is 5.69 Å². The summed E-state index contributed by atoms with van der Waals surface area (Å²) < 4.78 is 39.8. The van der Waals surface area contributed by atoms with E-state index in [4.69, 9.17) is 9.47 Å². The molecule has 8 heteroatoms. The molecule has 0 fully saturated rings. The number of ketones is 2. The second kappa shape index (κ2) is 9.12. The molecule has 0 unspecified atom stereocenters. The molecule has 0 saturated heterocycles. The minimum atomic E-state index is -3.81. The number of benzene rings is 2. The molecular formula is C30H33NO6S. The summed E-state index contributed by atoms with van der Waals surface area (Å²) in [6, 6.07) is 13.0. The first-order valence-electron chi connectivity index (χ1n) is 12.8.